The summed E-state index contributed by atoms with van der Waals surface area (Å²) in [7, 11) is 4.19. The second-order valence-electron chi connectivity index (χ2n) is 4.03. The first-order valence-corrected chi connectivity index (χ1v) is 10.9. The molecule has 70 valence electrons. The Kier molecular flexibility index (Phi) is 3.94. The zero-order valence-electron chi connectivity index (χ0n) is 9.04. The molecule has 0 saturated heterocycles. The Labute approximate surface area is 86.8 Å². The number of rotatable bonds is 2. The van der Waals surface area contributed by atoms with Crippen LogP contribution >= 0.6 is 0 Å². The molecule has 0 fully saturated rings. The van der Waals surface area contributed by atoms with Crippen LogP contribution in [0.2, 0.25) is 11.0 Å². The van der Waals surface area contributed by atoms with Crippen LogP contribution in [0.25, 0.3) is 0 Å². The van der Waals surface area contributed by atoms with Gasteiger partial charge in [0.1, 0.15) is 0 Å². The van der Waals surface area contributed by atoms with Crippen molar-refractivity contribution in [1.29, 1.82) is 0 Å². The maximum absolute atomic E-state index is 2.43. The number of hydrogen-bond acceptors (Lipinski definition) is 1. The second kappa shape index (κ2) is 4.77. The molecule has 1 aliphatic carbocycles. The molecule has 2 heteroatoms. The molecule has 0 amide bonds. The van der Waals surface area contributed by atoms with Gasteiger partial charge in [-0.2, -0.15) is 0 Å². The zero-order valence-corrected chi connectivity index (χ0v) is 11.5. The SMILES string of the molecule is CN(C)C=C1CC=CC=[C]1[Ga]([CH3])[CH3]. The summed E-state index contributed by atoms with van der Waals surface area (Å²) in [5.41, 5.74) is 6.39. The van der Waals surface area contributed by atoms with Crippen LogP contribution in [0, 0.1) is 0 Å². The van der Waals surface area contributed by atoms with Crippen molar-refractivity contribution in [1.82, 2.24) is 4.90 Å². The molecule has 1 rings (SSSR count). The molecular weight excluding hydrogens is 216 g/mol. The van der Waals surface area contributed by atoms with Crippen LogP contribution in [-0.2, 0) is 0 Å². The van der Waals surface area contributed by atoms with Crippen molar-refractivity contribution in [3.63, 3.8) is 0 Å². The predicted molar refractivity (Wildman–Crippen MR) is 61.1 cm³/mol. The van der Waals surface area contributed by atoms with Gasteiger partial charge in [0, 0.05) is 0 Å². The van der Waals surface area contributed by atoms with E-state index in [1.165, 1.54) is 5.57 Å². The fraction of sp³-hybridized carbons (Fsp3) is 0.455. The van der Waals surface area contributed by atoms with E-state index < -0.39 is 16.2 Å². The fourth-order valence-electron chi connectivity index (χ4n) is 1.59. The molecule has 0 aliphatic heterocycles. The molecule has 0 saturated carbocycles. The Morgan fingerprint density at radius 3 is 2.62 bits per heavy atom. The second-order valence-corrected chi connectivity index (χ2v) is 10.2. The molecule has 0 aromatic heterocycles. The van der Waals surface area contributed by atoms with Crippen LogP contribution in [0.5, 0.6) is 0 Å². The summed E-state index contributed by atoms with van der Waals surface area (Å²) in [5, 5.41) is 0. The quantitative estimate of drug-likeness (QED) is 0.663. The summed E-state index contributed by atoms with van der Waals surface area (Å²) < 4.78 is 1.66. The number of nitrogens with zero attached hydrogens (tertiary/aromatic N) is 1. The van der Waals surface area contributed by atoms with Crippen LogP contribution in [0.3, 0.4) is 0 Å². The van der Waals surface area contributed by atoms with Gasteiger partial charge < -0.3 is 0 Å². The van der Waals surface area contributed by atoms with Crippen LogP contribution < -0.4 is 0 Å². The molecule has 0 radical (unpaired) electrons. The van der Waals surface area contributed by atoms with Crippen LogP contribution in [-0.4, -0.2) is 35.2 Å². The van der Waals surface area contributed by atoms with Gasteiger partial charge in [-0.1, -0.05) is 0 Å². The standard InChI is InChI=1S/C9H12N.2CH3.Ga/c1-10(2)8-9-6-4-3-5-7-9;;;/h3-5,8H,6H2,1-2H3;2*1H3;. The molecule has 1 aliphatic rings. The van der Waals surface area contributed by atoms with Gasteiger partial charge in [-0.15, -0.1) is 0 Å². The van der Waals surface area contributed by atoms with Gasteiger partial charge in [0.05, 0.1) is 0 Å². The molecule has 0 atom stereocenters. The van der Waals surface area contributed by atoms with Crippen LogP contribution in [0.15, 0.2) is 34.1 Å². The monoisotopic (exact) mass is 233 g/mol. The maximum atomic E-state index is 2.43. The van der Waals surface area contributed by atoms with E-state index in [-0.39, 0.29) is 0 Å². The Balaban J connectivity index is 2.87. The van der Waals surface area contributed by atoms with Gasteiger partial charge in [0.15, 0.2) is 0 Å². The number of hydrogen-bond donors (Lipinski definition) is 0. The summed E-state index contributed by atoms with van der Waals surface area (Å²) >= 11 is -1.10. The molecule has 13 heavy (non-hydrogen) atoms. The van der Waals surface area contributed by atoms with E-state index in [9.17, 15) is 0 Å². The van der Waals surface area contributed by atoms with Gasteiger partial charge in [-0.25, -0.2) is 0 Å². The van der Waals surface area contributed by atoms with E-state index in [0.29, 0.717) is 0 Å². The van der Waals surface area contributed by atoms with E-state index in [1.54, 1.807) is 4.13 Å². The van der Waals surface area contributed by atoms with E-state index in [1.807, 2.05) is 0 Å². The molecular formula is C11H18GaN. The van der Waals surface area contributed by atoms with Gasteiger partial charge >= 0.3 is 86.7 Å². The molecule has 0 N–H and O–H groups in total. The van der Waals surface area contributed by atoms with Gasteiger partial charge in [-0.05, 0) is 0 Å². The minimum atomic E-state index is -1.10. The van der Waals surface area contributed by atoms with Crippen LogP contribution in [0.4, 0.5) is 0 Å². The first-order valence-electron chi connectivity index (χ1n) is 4.85. The molecule has 0 aromatic carbocycles. The molecule has 0 aromatic rings. The van der Waals surface area contributed by atoms with E-state index >= 15 is 0 Å². The summed E-state index contributed by atoms with van der Waals surface area (Å²) in [4.78, 5) is 2.15. The average molecular weight is 234 g/mol. The third kappa shape index (κ3) is 3.12. The first-order chi connectivity index (χ1) is 6.11. The summed E-state index contributed by atoms with van der Waals surface area (Å²) in [5.74, 6) is 0. The molecule has 0 heterocycles. The van der Waals surface area contributed by atoms with E-state index in [2.05, 4.69) is 54.4 Å². The third-order valence-corrected chi connectivity index (χ3v) is 5.95. The van der Waals surface area contributed by atoms with Gasteiger partial charge in [0.2, 0.25) is 0 Å². The minimum absolute atomic E-state index is 1.10. The number of allylic oxidation sites excluding steroid dienone is 5. The Bertz CT molecular complexity index is 259. The van der Waals surface area contributed by atoms with Crippen molar-refractivity contribution in [2.75, 3.05) is 14.1 Å². The molecule has 0 unspecified atom stereocenters. The van der Waals surface area contributed by atoms with Crippen LogP contribution in [0.1, 0.15) is 6.42 Å². The molecule has 0 bridgehead atoms. The predicted octanol–water partition coefficient (Wildman–Crippen LogP) is 2.61. The van der Waals surface area contributed by atoms with Crippen molar-refractivity contribution in [2.45, 2.75) is 17.4 Å². The zero-order chi connectivity index (χ0) is 9.84. The van der Waals surface area contributed by atoms with Gasteiger partial charge in [0.25, 0.3) is 0 Å². The van der Waals surface area contributed by atoms with Gasteiger partial charge in [-0.3, -0.25) is 0 Å². The third-order valence-electron chi connectivity index (χ3n) is 2.16. The summed E-state index contributed by atoms with van der Waals surface area (Å²) in [6.45, 7) is 0. The average Bonchev–Trinajstić information content (AvgIpc) is 2.03. The topological polar surface area (TPSA) is 3.24 Å². The molecule has 0 spiro atoms. The summed E-state index contributed by atoms with van der Waals surface area (Å²) in [6.07, 6.45) is 10.1. The Morgan fingerprint density at radius 1 is 1.38 bits per heavy atom. The van der Waals surface area contributed by atoms with Crippen molar-refractivity contribution >= 4 is 16.2 Å². The Hall–Kier alpha value is -0.344. The normalized spacial score (nSPS) is 18.8. The van der Waals surface area contributed by atoms with E-state index in [4.69, 9.17) is 0 Å². The summed E-state index contributed by atoms with van der Waals surface area (Å²) in [6, 6.07) is 0. The molecule has 1 nitrogen and oxygen atoms in total. The van der Waals surface area contributed by atoms with Crippen molar-refractivity contribution < 1.29 is 0 Å². The van der Waals surface area contributed by atoms with Crippen molar-refractivity contribution in [2.24, 2.45) is 0 Å². The van der Waals surface area contributed by atoms with Crippen molar-refractivity contribution in [3.05, 3.63) is 34.1 Å². The van der Waals surface area contributed by atoms with E-state index in [0.717, 1.165) is 6.42 Å². The Morgan fingerprint density at radius 2 is 2.08 bits per heavy atom. The van der Waals surface area contributed by atoms with Crippen molar-refractivity contribution in [3.8, 4) is 0 Å². The fourth-order valence-corrected chi connectivity index (χ4v) is 4.59. The first kappa shape index (κ1) is 10.7.